The fraction of sp³-hybridized carbons (Fsp3) is 0.388. The Morgan fingerprint density at radius 1 is 0.641 bits per heavy atom. The quantitative estimate of drug-likeness (QED) is 0.0618. The molecule has 6 amide bonds. The molecule has 1 heterocycles. The largest absolute Gasteiger partial charge is 0.508 e. The van der Waals surface area contributed by atoms with Gasteiger partial charge in [-0.15, -0.1) is 0 Å². The standard InChI is InChI=1S/C49H62N8O7/c1-34(2)28-42(48(63)53-33-46(61)57(38-16-10-5-11-17-38)39-23-26-56(27-24-39)25-22-35-12-6-3-7-13-35)55-49(64)43(30-36-14-8-4-9-15-36)54-45(60)32-51-44(59)31-52-47(62)41(50)29-37-18-20-40(58)21-19-37/h3-21,34,39,41-43,58H,22-33,50H2,1-2H3,(H,51,59)(H,52,62)(H,53,63)(H,54,60)(H,55,64)/t41-,42-,43-/m0/s1. The molecule has 0 radical (unpaired) electrons. The predicted molar refractivity (Wildman–Crippen MR) is 246 cm³/mol. The van der Waals surface area contributed by atoms with E-state index >= 15 is 0 Å². The summed E-state index contributed by atoms with van der Waals surface area (Å²) in [5, 5.41) is 22.7. The molecular weight excluding hydrogens is 813 g/mol. The number of phenols is 1. The van der Waals surface area contributed by atoms with Crippen molar-refractivity contribution in [3.63, 3.8) is 0 Å². The Hall–Kier alpha value is -6.58. The van der Waals surface area contributed by atoms with Crippen LogP contribution in [-0.2, 0) is 48.0 Å². The van der Waals surface area contributed by atoms with Gasteiger partial charge in [-0.05, 0) is 79.0 Å². The molecule has 0 spiro atoms. The van der Waals surface area contributed by atoms with E-state index in [0.717, 1.165) is 55.7 Å². The van der Waals surface area contributed by atoms with Crippen LogP contribution in [0.15, 0.2) is 115 Å². The van der Waals surface area contributed by atoms with Crippen molar-refractivity contribution in [1.29, 1.82) is 0 Å². The van der Waals surface area contributed by atoms with Gasteiger partial charge in [0.05, 0.1) is 25.7 Å². The molecule has 0 bridgehead atoms. The summed E-state index contributed by atoms with van der Waals surface area (Å²) >= 11 is 0. The molecular formula is C49H62N8O7. The highest BCUT2D eigenvalue weighted by molar-refractivity contribution is 5.99. The first-order valence-electron chi connectivity index (χ1n) is 22.0. The number of hydrogen-bond donors (Lipinski definition) is 7. The maximum atomic E-state index is 14.0. The van der Waals surface area contributed by atoms with Crippen molar-refractivity contribution in [2.45, 2.75) is 76.5 Å². The normalized spacial score (nSPS) is 14.4. The number of carbonyl (C=O) groups excluding carboxylic acids is 6. The van der Waals surface area contributed by atoms with Crippen molar-refractivity contribution in [3.8, 4) is 5.75 Å². The highest BCUT2D eigenvalue weighted by atomic mass is 16.3. The van der Waals surface area contributed by atoms with Crippen molar-refractivity contribution in [2.24, 2.45) is 11.7 Å². The maximum absolute atomic E-state index is 14.0. The van der Waals surface area contributed by atoms with Crippen molar-refractivity contribution < 1.29 is 33.9 Å². The molecule has 0 unspecified atom stereocenters. The zero-order valence-electron chi connectivity index (χ0n) is 36.7. The number of benzene rings is 4. The van der Waals surface area contributed by atoms with E-state index in [0.29, 0.717) is 0 Å². The Labute approximate surface area is 375 Å². The Bertz CT molecular complexity index is 2120. The van der Waals surface area contributed by atoms with Crippen molar-refractivity contribution >= 4 is 41.1 Å². The number of aromatic hydroxyl groups is 1. The molecule has 0 aromatic heterocycles. The second kappa shape index (κ2) is 24.9. The molecule has 1 aliphatic rings. The minimum atomic E-state index is -1.12. The van der Waals surface area contributed by atoms with E-state index < -0.39 is 60.8 Å². The van der Waals surface area contributed by atoms with Gasteiger partial charge in [-0.2, -0.15) is 0 Å². The van der Waals surface area contributed by atoms with Crippen LogP contribution in [0.5, 0.6) is 5.75 Å². The monoisotopic (exact) mass is 874 g/mol. The lowest BCUT2D eigenvalue weighted by molar-refractivity contribution is -0.133. The van der Waals surface area contributed by atoms with Crippen LogP contribution in [0, 0.1) is 5.92 Å². The highest BCUT2D eigenvalue weighted by Crippen LogP contribution is 2.24. The second-order valence-corrected chi connectivity index (χ2v) is 16.6. The van der Waals surface area contributed by atoms with E-state index in [9.17, 15) is 33.9 Å². The number of likely N-dealkylation sites (tertiary alicyclic amines) is 1. The summed E-state index contributed by atoms with van der Waals surface area (Å²) in [6.45, 7) is 5.24. The van der Waals surface area contributed by atoms with Crippen molar-refractivity contribution in [3.05, 3.63) is 132 Å². The van der Waals surface area contributed by atoms with Gasteiger partial charge in [-0.3, -0.25) is 28.8 Å². The molecule has 1 aliphatic heterocycles. The molecule has 0 saturated carbocycles. The maximum Gasteiger partial charge on any atom is 0.246 e. The lowest BCUT2D eigenvalue weighted by Gasteiger charge is -2.38. The molecule has 4 aromatic rings. The van der Waals surface area contributed by atoms with Crippen LogP contribution in [0.4, 0.5) is 5.69 Å². The molecule has 340 valence electrons. The average molecular weight is 875 g/mol. The number of piperidine rings is 1. The summed E-state index contributed by atoms with van der Waals surface area (Å²) in [6.07, 6.45) is 3.05. The fourth-order valence-corrected chi connectivity index (χ4v) is 7.65. The molecule has 4 aromatic carbocycles. The summed E-state index contributed by atoms with van der Waals surface area (Å²) in [6, 6.07) is 32.0. The SMILES string of the molecule is CC(C)C[C@H](NC(=O)[C@H](Cc1ccccc1)NC(=O)CNC(=O)CNC(=O)[C@@H](N)Cc1ccc(O)cc1)C(=O)NCC(=O)N(c1ccccc1)C1CCN(CCc2ccccc2)CC1. The van der Waals surface area contributed by atoms with Crippen LogP contribution in [-0.4, -0.2) is 109 Å². The number of carbonyl (C=O) groups is 6. The van der Waals surface area contributed by atoms with Crippen LogP contribution < -0.4 is 37.2 Å². The van der Waals surface area contributed by atoms with Gasteiger partial charge in [0.15, 0.2) is 0 Å². The summed E-state index contributed by atoms with van der Waals surface area (Å²) in [7, 11) is 0. The predicted octanol–water partition coefficient (Wildman–Crippen LogP) is 2.61. The van der Waals surface area contributed by atoms with Crippen LogP contribution in [0.1, 0.15) is 49.8 Å². The van der Waals surface area contributed by atoms with Gasteiger partial charge in [-0.25, -0.2) is 0 Å². The number of amides is 6. The first-order valence-corrected chi connectivity index (χ1v) is 22.0. The van der Waals surface area contributed by atoms with E-state index in [4.69, 9.17) is 5.73 Å². The molecule has 1 saturated heterocycles. The van der Waals surface area contributed by atoms with Gasteiger partial charge in [0.2, 0.25) is 35.4 Å². The van der Waals surface area contributed by atoms with Gasteiger partial charge in [0.25, 0.3) is 0 Å². The van der Waals surface area contributed by atoms with Crippen molar-refractivity contribution in [2.75, 3.05) is 44.2 Å². The topological polar surface area (TPSA) is 215 Å². The first kappa shape index (κ1) is 48.5. The summed E-state index contributed by atoms with van der Waals surface area (Å²) in [4.78, 5) is 84.3. The number of phenolic OH excluding ortho intramolecular Hbond substituents is 1. The minimum Gasteiger partial charge on any atom is -0.508 e. The Balaban J connectivity index is 1.15. The molecule has 64 heavy (non-hydrogen) atoms. The zero-order chi connectivity index (χ0) is 45.8. The number of rotatable bonds is 22. The van der Waals surface area contributed by atoms with Gasteiger partial charge >= 0.3 is 0 Å². The van der Waals surface area contributed by atoms with E-state index in [1.807, 2.05) is 68.4 Å². The number of nitrogens with one attached hydrogen (secondary N) is 5. The molecule has 0 aliphatic carbocycles. The van der Waals surface area contributed by atoms with E-state index in [1.165, 1.54) is 17.7 Å². The third-order valence-corrected chi connectivity index (χ3v) is 11.1. The number of nitrogens with zero attached hydrogens (tertiary/aromatic N) is 2. The van der Waals surface area contributed by atoms with E-state index in [-0.39, 0.29) is 49.4 Å². The third kappa shape index (κ3) is 16.0. The van der Waals surface area contributed by atoms with Gasteiger partial charge in [0, 0.05) is 37.8 Å². The molecule has 8 N–H and O–H groups in total. The Morgan fingerprint density at radius 2 is 1.20 bits per heavy atom. The highest BCUT2D eigenvalue weighted by Gasteiger charge is 2.32. The molecule has 5 rings (SSSR count). The molecule has 15 nitrogen and oxygen atoms in total. The molecule has 15 heteroatoms. The molecule has 3 atom stereocenters. The number of hydrogen-bond acceptors (Lipinski definition) is 9. The second-order valence-electron chi connectivity index (χ2n) is 16.6. The van der Waals surface area contributed by atoms with Crippen molar-refractivity contribution in [1.82, 2.24) is 31.5 Å². The zero-order valence-corrected chi connectivity index (χ0v) is 36.7. The first-order chi connectivity index (χ1) is 30.8. The Morgan fingerprint density at radius 3 is 1.83 bits per heavy atom. The van der Waals surface area contributed by atoms with E-state index in [1.54, 1.807) is 41.3 Å². The minimum absolute atomic E-state index is 0.0140. The number of nitrogens with two attached hydrogens (primary N) is 1. The summed E-state index contributed by atoms with van der Waals surface area (Å²) in [5.74, 6) is -3.22. The summed E-state index contributed by atoms with van der Waals surface area (Å²) in [5.41, 5.74) is 9.50. The smallest absolute Gasteiger partial charge is 0.246 e. The average Bonchev–Trinajstić information content (AvgIpc) is 3.30. The number of para-hydroxylation sites is 1. The van der Waals surface area contributed by atoms with Gasteiger partial charge in [0.1, 0.15) is 17.8 Å². The van der Waals surface area contributed by atoms with Gasteiger partial charge in [-0.1, -0.05) is 105 Å². The molecule has 1 fully saturated rings. The lowest BCUT2D eigenvalue weighted by atomic mass is 10.0. The van der Waals surface area contributed by atoms with Crippen LogP contribution in [0.25, 0.3) is 0 Å². The van der Waals surface area contributed by atoms with Crippen LogP contribution >= 0.6 is 0 Å². The fourth-order valence-electron chi connectivity index (χ4n) is 7.65. The summed E-state index contributed by atoms with van der Waals surface area (Å²) < 4.78 is 0. The van der Waals surface area contributed by atoms with Gasteiger partial charge < -0.3 is 47.2 Å². The Kier molecular flexibility index (Phi) is 18.9. The van der Waals surface area contributed by atoms with Crippen LogP contribution in [0.2, 0.25) is 0 Å². The lowest BCUT2D eigenvalue weighted by Crippen LogP contribution is -2.57. The number of anilines is 1. The van der Waals surface area contributed by atoms with E-state index in [2.05, 4.69) is 43.6 Å². The third-order valence-electron chi connectivity index (χ3n) is 11.1. The van der Waals surface area contributed by atoms with Crippen LogP contribution in [0.3, 0.4) is 0 Å².